The minimum absolute atomic E-state index is 0.0814. The largest absolute Gasteiger partial charge is 0.348 e. The molecule has 0 aliphatic carbocycles. The number of thioether (sulfide) groups is 1. The van der Waals surface area contributed by atoms with E-state index in [0.29, 0.717) is 6.54 Å². The number of rotatable bonds is 3. The van der Waals surface area contributed by atoms with E-state index in [9.17, 15) is 4.79 Å². The van der Waals surface area contributed by atoms with Gasteiger partial charge < -0.3 is 4.90 Å². The van der Waals surface area contributed by atoms with Gasteiger partial charge in [-0.1, -0.05) is 42.1 Å². The zero-order valence-corrected chi connectivity index (χ0v) is 11.7. The van der Waals surface area contributed by atoms with Crippen molar-refractivity contribution >= 4 is 34.4 Å². The fourth-order valence-corrected chi connectivity index (χ4v) is 3.15. The Labute approximate surface area is 116 Å². The molecular weight excluding hydrogens is 268 g/mol. The molecule has 1 aromatic rings. The predicted molar refractivity (Wildman–Crippen MR) is 77.2 cm³/mol. The summed E-state index contributed by atoms with van der Waals surface area (Å²) < 4.78 is 0. The number of halogens is 1. The molecule has 0 bridgehead atoms. The van der Waals surface area contributed by atoms with E-state index in [4.69, 9.17) is 11.6 Å². The normalized spacial score (nSPS) is 19.2. The van der Waals surface area contributed by atoms with Gasteiger partial charge in [-0.3, -0.25) is 4.79 Å². The highest BCUT2D eigenvalue weighted by molar-refractivity contribution is 8.14. The van der Waals surface area contributed by atoms with Crippen LogP contribution in [-0.2, 0) is 4.79 Å². The molecule has 2 rings (SSSR count). The molecule has 1 saturated heterocycles. The molecular formula is C13H15ClN2OS. The summed E-state index contributed by atoms with van der Waals surface area (Å²) in [6.07, 6.45) is 0. The van der Waals surface area contributed by atoms with E-state index in [2.05, 4.69) is 9.89 Å². The van der Waals surface area contributed by atoms with Crippen LogP contribution in [0.25, 0.3) is 0 Å². The Morgan fingerprint density at radius 3 is 2.89 bits per heavy atom. The average Bonchev–Trinajstić information content (AvgIpc) is 2.77. The van der Waals surface area contributed by atoms with Gasteiger partial charge in [-0.2, -0.15) is 4.99 Å². The number of nitrogens with zero attached hydrogens (tertiary/aromatic N) is 2. The summed E-state index contributed by atoms with van der Waals surface area (Å²) in [7, 11) is 0. The molecule has 5 heteroatoms. The van der Waals surface area contributed by atoms with Crippen molar-refractivity contribution in [1.82, 2.24) is 4.90 Å². The van der Waals surface area contributed by atoms with Crippen molar-refractivity contribution in [3.8, 4) is 0 Å². The molecule has 0 N–H and O–H groups in total. The summed E-state index contributed by atoms with van der Waals surface area (Å²) in [5.74, 6) is 0.806. The highest BCUT2D eigenvalue weighted by Gasteiger charge is 2.23. The molecule has 96 valence electrons. The van der Waals surface area contributed by atoms with Crippen molar-refractivity contribution in [2.75, 3.05) is 18.8 Å². The van der Waals surface area contributed by atoms with Crippen molar-refractivity contribution in [1.29, 1.82) is 0 Å². The maximum absolute atomic E-state index is 11.0. The standard InChI is InChI=1S/C13H15ClN2OS/c1-10(17)15-13-16(7-8-18-13)9-12(14)11-5-3-2-4-6-11/h2-6,12H,7-9H2,1H3. The Hall–Kier alpha value is -1.00. The maximum atomic E-state index is 11.0. The highest BCUT2D eigenvalue weighted by atomic mass is 35.5. The van der Waals surface area contributed by atoms with E-state index < -0.39 is 0 Å². The molecule has 1 aliphatic heterocycles. The summed E-state index contributed by atoms with van der Waals surface area (Å²) in [5.41, 5.74) is 1.10. The van der Waals surface area contributed by atoms with E-state index in [-0.39, 0.29) is 11.3 Å². The molecule has 0 radical (unpaired) electrons. The van der Waals surface area contributed by atoms with Gasteiger partial charge >= 0.3 is 0 Å². The fourth-order valence-electron chi connectivity index (χ4n) is 1.80. The van der Waals surface area contributed by atoms with E-state index in [1.54, 1.807) is 11.8 Å². The summed E-state index contributed by atoms with van der Waals surface area (Å²) in [6.45, 7) is 3.05. The van der Waals surface area contributed by atoms with Gasteiger partial charge in [0.1, 0.15) is 0 Å². The lowest BCUT2D eigenvalue weighted by molar-refractivity contribution is -0.115. The predicted octanol–water partition coefficient (Wildman–Crippen LogP) is 2.92. The summed E-state index contributed by atoms with van der Waals surface area (Å²) in [4.78, 5) is 17.1. The van der Waals surface area contributed by atoms with Crippen LogP contribution in [0.3, 0.4) is 0 Å². The van der Waals surface area contributed by atoms with Crippen LogP contribution in [0, 0.1) is 0 Å². The van der Waals surface area contributed by atoms with Crippen molar-refractivity contribution in [2.45, 2.75) is 12.3 Å². The van der Waals surface area contributed by atoms with Gasteiger partial charge in [-0.05, 0) is 5.56 Å². The SMILES string of the molecule is CC(=O)N=C1SCCN1CC(Cl)c1ccccc1. The highest BCUT2D eigenvalue weighted by Crippen LogP contribution is 2.26. The first-order valence-electron chi connectivity index (χ1n) is 5.83. The van der Waals surface area contributed by atoms with Crippen LogP contribution in [0.15, 0.2) is 35.3 Å². The Morgan fingerprint density at radius 2 is 2.22 bits per heavy atom. The molecule has 1 heterocycles. The van der Waals surface area contributed by atoms with Crippen LogP contribution in [0.5, 0.6) is 0 Å². The molecule has 0 aromatic heterocycles. The summed E-state index contributed by atoms with van der Waals surface area (Å²) in [6, 6.07) is 9.97. The minimum Gasteiger partial charge on any atom is -0.348 e. The smallest absolute Gasteiger partial charge is 0.244 e. The molecule has 1 fully saturated rings. The summed E-state index contributed by atoms with van der Waals surface area (Å²) in [5, 5.41) is 0.714. The molecule has 18 heavy (non-hydrogen) atoms. The van der Waals surface area contributed by atoms with Crippen LogP contribution in [-0.4, -0.2) is 34.8 Å². The van der Waals surface area contributed by atoms with E-state index in [1.807, 2.05) is 30.3 Å². The molecule has 3 nitrogen and oxygen atoms in total. The lowest BCUT2D eigenvalue weighted by atomic mass is 10.1. The van der Waals surface area contributed by atoms with Crippen LogP contribution in [0.4, 0.5) is 0 Å². The average molecular weight is 283 g/mol. The number of alkyl halides is 1. The Morgan fingerprint density at radius 1 is 1.50 bits per heavy atom. The number of amidine groups is 1. The van der Waals surface area contributed by atoms with E-state index >= 15 is 0 Å². The number of amides is 1. The Bertz CT molecular complexity index is 450. The number of carbonyl (C=O) groups is 1. The van der Waals surface area contributed by atoms with Crippen molar-refractivity contribution in [3.63, 3.8) is 0 Å². The maximum Gasteiger partial charge on any atom is 0.244 e. The molecule has 0 saturated carbocycles. The lowest BCUT2D eigenvalue weighted by Crippen LogP contribution is -2.28. The molecule has 1 unspecified atom stereocenters. The molecule has 0 spiro atoms. The number of aliphatic imine (C=N–C) groups is 1. The number of hydrogen-bond acceptors (Lipinski definition) is 2. The zero-order chi connectivity index (χ0) is 13.0. The van der Waals surface area contributed by atoms with Crippen LogP contribution in [0.2, 0.25) is 0 Å². The number of benzene rings is 1. The fraction of sp³-hybridized carbons (Fsp3) is 0.385. The zero-order valence-electron chi connectivity index (χ0n) is 10.2. The van der Waals surface area contributed by atoms with Crippen LogP contribution in [0.1, 0.15) is 17.9 Å². The van der Waals surface area contributed by atoms with Crippen molar-refractivity contribution < 1.29 is 4.79 Å². The van der Waals surface area contributed by atoms with Gasteiger partial charge in [0, 0.05) is 25.8 Å². The lowest BCUT2D eigenvalue weighted by Gasteiger charge is -2.21. The van der Waals surface area contributed by atoms with Gasteiger partial charge in [-0.15, -0.1) is 11.6 Å². The summed E-state index contributed by atoms with van der Waals surface area (Å²) >= 11 is 8.01. The van der Waals surface area contributed by atoms with Gasteiger partial charge in [0.05, 0.1) is 5.38 Å². The van der Waals surface area contributed by atoms with E-state index in [0.717, 1.165) is 23.0 Å². The number of carbonyl (C=O) groups excluding carboxylic acids is 1. The third kappa shape index (κ3) is 3.50. The second-order valence-corrected chi connectivity index (χ2v) is 5.67. The van der Waals surface area contributed by atoms with Crippen molar-refractivity contribution in [3.05, 3.63) is 35.9 Å². The first-order valence-corrected chi connectivity index (χ1v) is 7.25. The van der Waals surface area contributed by atoms with Gasteiger partial charge in [0.15, 0.2) is 5.17 Å². The van der Waals surface area contributed by atoms with Crippen molar-refractivity contribution in [2.24, 2.45) is 4.99 Å². The van der Waals surface area contributed by atoms with E-state index in [1.165, 1.54) is 6.92 Å². The second kappa shape index (κ2) is 6.25. The van der Waals surface area contributed by atoms with Gasteiger partial charge in [0.2, 0.25) is 5.91 Å². The molecule has 1 amide bonds. The van der Waals surface area contributed by atoms with Crippen LogP contribution < -0.4 is 0 Å². The number of hydrogen-bond donors (Lipinski definition) is 0. The van der Waals surface area contributed by atoms with Gasteiger partial charge in [-0.25, -0.2) is 0 Å². The minimum atomic E-state index is -0.157. The topological polar surface area (TPSA) is 32.7 Å². The third-order valence-electron chi connectivity index (χ3n) is 2.66. The Balaban J connectivity index is 2.03. The Kier molecular flexibility index (Phi) is 4.66. The first-order chi connectivity index (χ1) is 8.66. The molecule has 1 aromatic carbocycles. The molecule has 1 aliphatic rings. The quantitative estimate of drug-likeness (QED) is 0.799. The second-order valence-electron chi connectivity index (χ2n) is 4.09. The monoisotopic (exact) mass is 282 g/mol. The van der Waals surface area contributed by atoms with Gasteiger partial charge in [0.25, 0.3) is 0 Å². The van der Waals surface area contributed by atoms with Crippen LogP contribution >= 0.6 is 23.4 Å². The third-order valence-corrected chi connectivity index (χ3v) is 4.04. The first kappa shape index (κ1) is 13.4. The molecule has 1 atom stereocenters.